The molecular weight excluding hydrogens is 330 g/mol. The van der Waals surface area contributed by atoms with Gasteiger partial charge in [0.25, 0.3) is 0 Å². The van der Waals surface area contributed by atoms with Gasteiger partial charge in [0.15, 0.2) is 5.78 Å². The topological polar surface area (TPSA) is 58.6 Å². The van der Waals surface area contributed by atoms with Crippen molar-refractivity contribution in [3.05, 3.63) is 75.5 Å². The van der Waals surface area contributed by atoms with Gasteiger partial charge in [-0.15, -0.1) is 11.3 Å². The largest absolute Gasteiger partial charge is 0.292 e. The van der Waals surface area contributed by atoms with Crippen molar-refractivity contribution in [2.45, 2.75) is 24.7 Å². The van der Waals surface area contributed by atoms with Crippen molar-refractivity contribution in [3.8, 4) is 0 Å². The van der Waals surface area contributed by atoms with Crippen LogP contribution in [0.3, 0.4) is 0 Å². The molecular formula is C20H17N3OS. The van der Waals surface area contributed by atoms with Gasteiger partial charge in [0, 0.05) is 34.7 Å². The number of aromatic amines is 1. The molecule has 0 spiro atoms. The molecule has 3 aromatic rings. The molecule has 1 fully saturated rings. The highest BCUT2D eigenvalue weighted by atomic mass is 32.1. The number of fused-ring (bicyclic) bond motifs is 1. The highest BCUT2D eigenvalue weighted by Crippen LogP contribution is 2.43. The molecule has 5 heteroatoms. The van der Waals surface area contributed by atoms with Crippen LogP contribution in [0.25, 0.3) is 6.08 Å². The molecule has 1 aromatic carbocycles. The summed E-state index contributed by atoms with van der Waals surface area (Å²) in [6.07, 6.45) is 9.00. The molecule has 5 rings (SSSR count). The number of carbonyl (C=O) groups excluding carboxylic acids is 1. The van der Waals surface area contributed by atoms with Gasteiger partial charge in [0.1, 0.15) is 5.69 Å². The average Bonchev–Trinajstić information content (AvgIpc) is 3.19. The number of H-pyrrole nitrogens is 1. The maximum Gasteiger partial charge on any atom is 0.186 e. The lowest BCUT2D eigenvalue weighted by Gasteiger charge is -2.32. The molecule has 0 saturated heterocycles. The molecule has 0 aliphatic heterocycles. The Labute approximate surface area is 149 Å². The molecule has 2 aromatic heterocycles. The molecule has 124 valence electrons. The maximum absolute atomic E-state index is 12.5. The van der Waals surface area contributed by atoms with Crippen LogP contribution in [0, 0.1) is 5.92 Å². The fraction of sp³-hybridized carbons (Fsp3) is 0.250. The maximum atomic E-state index is 12.5. The summed E-state index contributed by atoms with van der Waals surface area (Å²) in [5.41, 5.74) is 5.45. The molecule has 1 atom stereocenters. The molecule has 0 radical (unpaired) electrons. The molecule has 4 nitrogen and oxygen atoms in total. The second-order valence-corrected chi connectivity index (χ2v) is 7.70. The Balaban J connectivity index is 1.62. The first-order chi connectivity index (χ1) is 12.3. The van der Waals surface area contributed by atoms with Gasteiger partial charge in [-0.05, 0) is 18.4 Å². The van der Waals surface area contributed by atoms with E-state index in [0.717, 1.165) is 30.5 Å². The summed E-state index contributed by atoms with van der Waals surface area (Å²) in [5.74, 6) is 0.371. The minimum absolute atomic E-state index is 0.183. The smallest absolute Gasteiger partial charge is 0.186 e. The predicted octanol–water partition coefficient (Wildman–Crippen LogP) is 4.01. The number of rotatable bonds is 4. The number of hydrogen-bond acceptors (Lipinski definition) is 4. The Morgan fingerprint density at radius 1 is 1.24 bits per heavy atom. The molecule has 0 bridgehead atoms. The lowest BCUT2D eigenvalue weighted by molar-refractivity contribution is 0.0962. The fourth-order valence-corrected chi connectivity index (χ4v) is 4.50. The van der Waals surface area contributed by atoms with E-state index in [0.29, 0.717) is 5.69 Å². The van der Waals surface area contributed by atoms with Gasteiger partial charge in [-0.2, -0.15) is 5.10 Å². The van der Waals surface area contributed by atoms with Gasteiger partial charge in [-0.1, -0.05) is 42.5 Å². The van der Waals surface area contributed by atoms with Gasteiger partial charge in [-0.25, -0.2) is 0 Å². The Bertz CT molecular complexity index is 954. The Morgan fingerprint density at radius 3 is 2.80 bits per heavy atom. The molecule has 1 unspecified atom stereocenters. The van der Waals surface area contributed by atoms with Crippen LogP contribution in [0.5, 0.6) is 0 Å². The zero-order valence-corrected chi connectivity index (χ0v) is 14.4. The van der Waals surface area contributed by atoms with Crippen molar-refractivity contribution in [2.24, 2.45) is 5.92 Å². The number of allylic oxidation sites excluding steroid dienone is 1. The van der Waals surface area contributed by atoms with E-state index in [1.807, 2.05) is 17.8 Å². The van der Waals surface area contributed by atoms with E-state index in [1.54, 1.807) is 11.3 Å². The van der Waals surface area contributed by atoms with E-state index < -0.39 is 0 Å². The number of Topliss-reactive ketones (excluding diaryl/α,β-unsaturated/α-hetero) is 1. The summed E-state index contributed by atoms with van der Waals surface area (Å²) in [5, 5.41) is 7.50. The number of carbonyl (C=O) groups is 1. The summed E-state index contributed by atoms with van der Waals surface area (Å²) in [4.78, 5) is 18.0. The fourth-order valence-electron chi connectivity index (χ4n) is 3.67. The van der Waals surface area contributed by atoms with E-state index >= 15 is 0 Å². The lowest BCUT2D eigenvalue weighted by atomic mass is 9.72. The number of ketones is 1. The highest BCUT2D eigenvalue weighted by Gasteiger charge is 2.40. The SMILES string of the molecule is O=C(c1n[nH]c2c1C=CC(c1ccccc1)(c1cncs1)C2)C1CC1. The summed E-state index contributed by atoms with van der Waals surface area (Å²) in [6, 6.07) is 10.5. The van der Waals surface area contributed by atoms with E-state index in [2.05, 4.69) is 51.6 Å². The molecule has 2 heterocycles. The van der Waals surface area contributed by atoms with Crippen LogP contribution in [0.2, 0.25) is 0 Å². The monoisotopic (exact) mass is 347 g/mol. The third-order valence-electron chi connectivity index (χ3n) is 5.22. The molecule has 1 N–H and O–H groups in total. The van der Waals surface area contributed by atoms with E-state index in [9.17, 15) is 4.79 Å². The third-order valence-corrected chi connectivity index (χ3v) is 6.17. The summed E-state index contributed by atoms with van der Waals surface area (Å²) < 4.78 is 0. The van der Waals surface area contributed by atoms with Crippen molar-refractivity contribution in [2.75, 3.05) is 0 Å². The molecule has 1 saturated carbocycles. The second-order valence-electron chi connectivity index (χ2n) is 6.82. The van der Waals surface area contributed by atoms with Crippen LogP contribution >= 0.6 is 11.3 Å². The quantitative estimate of drug-likeness (QED) is 0.725. The van der Waals surface area contributed by atoms with Crippen LogP contribution in [-0.2, 0) is 11.8 Å². The number of aromatic nitrogens is 3. The summed E-state index contributed by atoms with van der Waals surface area (Å²) in [6.45, 7) is 0. The molecule has 2 aliphatic carbocycles. The number of hydrogen-bond donors (Lipinski definition) is 1. The van der Waals surface area contributed by atoms with Crippen LogP contribution in [-0.4, -0.2) is 21.0 Å². The van der Waals surface area contributed by atoms with Crippen LogP contribution in [0.15, 0.2) is 48.1 Å². The van der Waals surface area contributed by atoms with E-state index in [-0.39, 0.29) is 17.1 Å². The lowest BCUT2D eigenvalue weighted by Crippen LogP contribution is -2.29. The van der Waals surface area contributed by atoms with Gasteiger partial charge in [0.05, 0.1) is 10.9 Å². The predicted molar refractivity (Wildman–Crippen MR) is 97.7 cm³/mol. The van der Waals surface area contributed by atoms with Crippen molar-refractivity contribution in [1.82, 2.24) is 15.2 Å². The molecule has 2 aliphatic rings. The van der Waals surface area contributed by atoms with Gasteiger partial charge < -0.3 is 0 Å². The average molecular weight is 347 g/mol. The molecule has 0 amide bonds. The van der Waals surface area contributed by atoms with Crippen molar-refractivity contribution >= 4 is 23.2 Å². The van der Waals surface area contributed by atoms with Gasteiger partial charge >= 0.3 is 0 Å². The number of thiazole rings is 1. The van der Waals surface area contributed by atoms with Crippen LogP contribution in [0.4, 0.5) is 0 Å². The van der Waals surface area contributed by atoms with Crippen molar-refractivity contribution < 1.29 is 4.79 Å². The second kappa shape index (κ2) is 5.49. The highest BCUT2D eigenvalue weighted by molar-refractivity contribution is 7.09. The summed E-state index contributed by atoms with van der Waals surface area (Å²) >= 11 is 1.66. The standard InChI is InChI=1S/C20H17N3OS/c24-19(13-6-7-13)18-15-8-9-20(10-16(15)22-23-18,17-11-21-12-25-17)14-4-2-1-3-5-14/h1-5,8-9,11-13H,6-7,10H2,(H,22,23). The number of nitrogens with one attached hydrogen (secondary N) is 1. The van der Waals surface area contributed by atoms with Crippen LogP contribution in [0.1, 0.15) is 45.0 Å². The van der Waals surface area contributed by atoms with Crippen LogP contribution < -0.4 is 0 Å². The minimum atomic E-state index is -0.262. The first-order valence-electron chi connectivity index (χ1n) is 8.53. The Hall–Kier alpha value is -2.53. The van der Waals surface area contributed by atoms with Crippen molar-refractivity contribution in [1.29, 1.82) is 0 Å². The summed E-state index contributed by atoms with van der Waals surface area (Å²) in [7, 11) is 0. The van der Waals surface area contributed by atoms with Gasteiger partial charge in [0.2, 0.25) is 0 Å². The first kappa shape index (κ1) is 14.8. The zero-order chi connectivity index (χ0) is 16.9. The van der Waals surface area contributed by atoms with E-state index in [1.165, 1.54) is 10.4 Å². The normalized spacial score (nSPS) is 21.9. The first-order valence-corrected chi connectivity index (χ1v) is 9.41. The van der Waals surface area contributed by atoms with E-state index in [4.69, 9.17) is 0 Å². The number of benzene rings is 1. The molecule has 25 heavy (non-hydrogen) atoms. The Kier molecular flexibility index (Phi) is 3.25. The zero-order valence-electron chi connectivity index (χ0n) is 13.6. The number of nitrogens with zero attached hydrogens (tertiary/aromatic N) is 2. The Morgan fingerprint density at radius 2 is 2.08 bits per heavy atom. The van der Waals surface area contributed by atoms with Gasteiger partial charge in [-0.3, -0.25) is 14.9 Å². The van der Waals surface area contributed by atoms with Crippen molar-refractivity contribution in [3.63, 3.8) is 0 Å². The third kappa shape index (κ3) is 2.30. The minimum Gasteiger partial charge on any atom is -0.292 e.